The summed E-state index contributed by atoms with van der Waals surface area (Å²) in [6, 6.07) is 7.44. The van der Waals surface area contributed by atoms with E-state index in [9.17, 15) is 9.90 Å². The standard InChI is InChI=1S/C15H20N2O3/c16-10-2-1-3-14(6-10)20-9-15(19)17-11-4-5-12(17)8-13(18)7-11/h1-3,6,11-13,18H,4-5,7-9,16H2. The van der Waals surface area contributed by atoms with E-state index >= 15 is 0 Å². The van der Waals surface area contributed by atoms with Gasteiger partial charge in [0.2, 0.25) is 0 Å². The van der Waals surface area contributed by atoms with E-state index in [0.29, 0.717) is 24.3 Å². The quantitative estimate of drug-likeness (QED) is 0.812. The minimum atomic E-state index is -0.258. The van der Waals surface area contributed by atoms with Crippen LogP contribution in [0.2, 0.25) is 0 Å². The number of aliphatic hydroxyl groups is 1. The summed E-state index contributed by atoms with van der Waals surface area (Å²) in [5, 5.41) is 9.74. The van der Waals surface area contributed by atoms with Crippen molar-refractivity contribution in [1.82, 2.24) is 4.90 Å². The molecule has 2 fully saturated rings. The number of benzene rings is 1. The number of rotatable bonds is 3. The topological polar surface area (TPSA) is 75.8 Å². The maximum absolute atomic E-state index is 12.3. The molecule has 0 aliphatic carbocycles. The fraction of sp³-hybridized carbons (Fsp3) is 0.533. The summed E-state index contributed by atoms with van der Waals surface area (Å²) in [7, 11) is 0. The van der Waals surface area contributed by atoms with E-state index in [4.69, 9.17) is 10.5 Å². The highest BCUT2D eigenvalue weighted by Crippen LogP contribution is 2.35. The lowest BCUT2D eigenvalue weighted by Crippen LogP contribution is -2.49. The fourth-order valence-electron chi connectivity index (χ4n) is 3.38. The van der Waals surface area contributed by atoms with Gasteiger partial charge in [0.25, 0.3) is 5.91 Å². The number of nitrogens with two attached hydrogens (primary N) is 1. The van der Waals surface area contributed by atoms with E-state index in [1.54, 1.807) is 24.3 Å². The number of nitrogen functional groups attached to an aromatic ring is 1. The second-order valence-electron chi connectivity index (χ2n) is 5.67. The molecule has 5 heteroatoms. The molecule has 2 heterocycles. The molecule has 2 bridgehead atoms. The maximum atomic E-state index is 12.3. The second kappa shape index (κ2) is 5.32. The number of aliphatic hydroxyl groups excluding tert-OH is 1. The Balaban J connectivity index is 1.60. The zero-order valence-electron chi connectivity index (χ0n) is 11.4. The van der Waals surface area contributed by atoms with Crippen molar-refractivity contribution in [3.05, 3.63) is 24.3 Å². The van der Waals surface area contributed by atoms with E-state index in [0.717, 1.165) is 12.8 Å². The van der Waals surface area contributed by atoms with Crippen LogP contribution in [0.4, 0.5) is 5.69 Å². The Labute approximate surface area is 118 Å². The van der Waals surface area contributed by atoms with Gasteiger partial charge in [-0.1, -0.05) is 6.07 Å². The van der Waals surface area contributed by atoms with Gasteiger partial charge in [0.05, 0.1) is 6.10 Å². The van der Waals surface area contributed by atoms with Crippen molar-refractivity contribution in [3.63, 3.8) is 0 Å². The molecule has 5 nitrogen and oxygen atoms in total. The van der Waals surface area contributed by atoms with Gasteiger partial charge in [-0.3, -0.25) is 4.79 Å². The van der Waals surface area contributed by atoms with Crippen LogP contribution in [0.15, 0.2) is 24.3 Å². The summed E-state index contributed by atoms with van der Waals surface area (Å²) < 4.78 is 5.52. The molecule has 2 atom stereocenters. The van der Waals surface area contributed by atoms with Crippen molar-refractivity contribution in [2.24, 2.45) is 0 Å². The Morgan fingerprint density at radius 1 is 1.35 bits per heavy atom. The molecule has 1 aromatic rings. The summed E-state index contributed by atoms with van der Waals surface area (Å²) in [4.78, 5) is 14.2. The number of ether oxygens (including phenoxy) is 1. The lowest BCUT2D eigenvalue weighted by Gasteiger charge is -2.37. The number of carbonyl (C=O) groups excluding carboxylic acids is 1. The number of fused-ring (bicyclic) bond motifs is 2. The molecule has 0 spiro atoms. The largest absolute Gasteiger partial charge is 0.484 e. The number of carbonyl (C=O) groups is 1. The van der Waals surface area contributed by atoms with Gasteiger partial charge in [0, 0.05) is 23.8 Å². The molecule has 2 unspecified atom stereocenters. The van der Waals surface area contributed by atoms with Gasteiger partial charge in [0.1, 0.15) is 5.75 Å². The molecular weight excluding hydrogens is 256 g/mol. The summed E-state index contributed by atoms with van der Waals surface area (Å²) in [6.07, 6.45) is 3.12. The molecule has 0 saturated carbocycles. The Morgan fingerprint density at radius 3 is 2.70 bits per heavy atom. The number of hydrogen-bond acceptors (Lipinski definition) is 4. The first kappa shape index (κ1) is 13.2. The minimum Gasteiger partial charge on any atom is -0.484 e. The number of nitrogens with zero attached hydrogens (tertiary/aromatic N) is 1. The Kier molecular flexibility index (Phi) is 3.53. The zero-order chi connectivity index (χ0) is 14.1. The van der Waals surface area contributed by atoms with Crippen LogP contribution in [0.5, 0.6) is 5.75 Å². The van der Waals surface area contributed by atoms with Gasteiger partial charge in [-0.05, 0) is 37.8 Å². The van der Waals surface area contributed by atoms with Crippen molar-refractivity contribution < 1.29 is 14.6 Å². The Hall–Kier alpha value is -1.75. The SMILES string of the molecule is Nc1cccc(OCC(=O)N2C3CCC2CC(O)C3)c1. The summed E-state index contributed by atoms with van der Waals surface area (Å²) >= 11 is 0. The lowest BCUT2D eigenvalue weighted by molar-refractivity contribution is -0.139. The van der Waals surface area contributed by atoms with Gasteiger partial charge >= 0.3 is 0 Å². The molecule has 2 aliphatic heterocycles. The van der Waals surface area contributed by atoms with Crippen LogP contribution in [0.1, 0.15) is 25.7 Å². The average Bonchev–Trinajstić information content (AvgIpc) is 2.68. The summed E-state index contributed by atoms with van der Waals surface area (Å²) in [5.74, 6) is 0.620. The van der Waals surface area contributed by atoms with Crippen LogP contribution in [-0.4, -0.2) is 40.7 Å². The third kappa shape index (κ3) is 2.58. The highest BCUT2D eigenvalue weighted by molar-refractivity contribution is 5.79. The predicted octanol–water partition coefficient (Wildman–Crippen LogP) is 1.16. The van der Waals surface area contributed by atoms with Crippen molar-refractivity contribution in [1.29, 1.82) is 0 Å². The van der Waals surface area contributed by atoms with Crippen LogP contribution in [0.3, 0.4) is 0 Å². The predicted molar refractivity (Wildman–Crippen MR) is 75.2 cm³/mol. The molecule has 2 saturated heterocycles. The smallest absolute Gasteiger partial charge is 0.261 e. The summed E-state index contributed by atoms with van der Waals surface area (Å²) in [6.45, 7) is 0.0343. The molecule has 0 aromatic heterocycles. The van der Waals surface area contributed by atoms with Crippen LogP contribution < -0.4 is 10.5 Å². The third-order valence-corrected chi connectivity index (χ3v) is 4.22. The van der Waals surface area contributed by atoms with Gasteiger partial charge in [0.15, 0.2) is 6.61 Å². The zero-order valence-corrected chi connectivity index (χ0v) is 11.4. The van der Waals surface area contributed by atoms with Crippen molar-refractivity contribution >= 4 is 11.6 Å². The summed E-state index contributed by atoms with van der Waals surface area (Å²) in [5.41, 5.74) is 6.30. The molecule has 3 N–H and O–H groups in total. The third-order valence-electron chi connectivity index (χ3n) is 4.22. The second-order valence-corrected chi connectivity index (χ2v) is 5.67. The first-order valence-electron chi connectivity index (χ1n) is 7.11. The van der Waals surface area contributed by atoms with E-state index < -0.39 is 0 Å². The lowest BCUT2D eigenvalue weighted by atomic mass is 10.00. The molecule has 0 radical (unpaired) electrons. The van der Waals surface area contributed by atoms with E-state index in [2.05, 4.69) is 0 Å². The molecule has 20 heavy (non-hydrogen) atoms. The normalized spacial score (nSPS) is 28.4. The number of amides is 1. The first-order valence-corrected chi connectivity index (χ1v) is 7.11. The van der Waals surface area contributed by atoms with Gasteiger partial charge in [-0.15, -0.1) is 0 Å². The van der Waals surface area contributed by atoms with E-state index in [1.807, 2.05) is 4.90 Å². The monoisotopic (exact) mass is 276 g/mol. The highest BCUT2D eigenvalue weighted by Gasteiger charge is 2.42. The van der Waals surface area contributed by atoms with Gasteiger partial charge < -0.3 is 20.5 Å². The highest BCUT2D eigenvalue weighted by atomic mass is 16.5. The molecular formula is C15H20N2O3. The average molecular weight is 276 g/mol. The van der Waals surface area contributed by atoms with Gasteiger partial charge in [-0.2, -0.15) is 0 Å². The van der Waals surface area contributed by atoms with Crippen LogP contribution >= 0.6 is 0 Å². The number of anilines is 1. The molecule has 108 valence electrons. The van der Waals surface area contributed by atoms with Crippen molar-refractivity contribution in [2.45, 2.75) is 43.9 Å². The Morgan fingerprint density at radius 2 is 2.05 bits per heavy atom. The molecule has 3 rings (SSSR count). The van der Waals surface area contributed by atoms with Crippen molar-refractivity contribution in [3.8, 4) is 5.75 Å². The van der Waals surface area contributed by atoms with E-state index in [1.165, 1.54) is 0 Å². The van der Waals surface area contributed by atoms with Gasteiger partial charge in [-0.25, -0.2) is 0 Å². The maximum Gasteiger partial charge on any atom is 0.261 e. The Bertz CT molecular complexity index is 492. The van der Waals surface area contributed by atoms with Crippen LogP contribution in [-0.2, 0) is 4.79 Å². The number of hydrogen-bond donors (Lipinski definition) is 2. The van der Waals surface area contributed by atoms with Crippen LogP contribution in [0, 0.1) is 0 Å². The molecule has 1 aromatic carbocycles. The van der Waals surface area contributed by atoms with Crippen molar-refractivity contribution in [2.75, 3.05) is 12.3 Å². The minimum absolute atomic E-state index is 0.00632. The van der Waals surface area contributed by atoms with Crippen LogP contribution in [0.25, 0.3) is 0 Å². The first-order chi connectivity index (χ1) is 9.63. The molecule has 2 aliphatic rings. The van der Waals surface area contributed by atoms with E-state index in [-0.39, 0.29) is 30.7 Å². The number of piperidine rings is 1. The fourth-order valence-corrected chi connectivity index (χ4v) is 3.38. The molecule has 1 amide bonds.